The Morgan fingerprint density at radius 2 is 2.05 bits per heavy atom. The first-order valence-electron chi connectivity index (χ1n) is 6.65. The molecule has 100 valence electrons. The molecule has 0 aliphatic heterocycles. The zero-order valence-electron chi connectivity index (χ0n) is 11.9. The standard InChI is InChI=1S/C16H21N3/c1-4-17-16-11-14(8-9-18-16)12-19(3)15-7-5-6-13(2)10-15/h5-11H,4,12H2,1-3H3,(H,17,18). The van der Waals surface area contributed by atoms with Gasteiger partial charge in [0.25, 0.3) is 0 Å². The molecule has 0 aliphatic carbocycles. The summed E-state index contributed by atoms with van der Waals surface area (Å²) in [6, 6.07) is 12.7. The van der Waals surface area contributed by atoms with Gasteiger partial charge in [-0.05, 0) is 49.2 Å². The van der Waals surface area contributed by atoms with Crippen molar-refractivity contribution in [3.8, 4) is 0 Å². The lowest BCUT2D eigenvalue weighted by molar-refractivity contribution is 0.918. The predicted molar refractivity (Wildman–Crippen MR) is 81.7 cm³/mol. The minimum atomic E-state index is 0.879. The molecule has 0 aliphatic rings. The molecular formula is C16H21N3. The molecule has 0 saturated carbocycles. The van der Waals surface area contributed by atoms with Crippen LogP contribution in [0.25, 0.3) is 0 Å². The Kier molecular flexibility index (Phi) is 4.39. The molecule has 1 aromatic carbocycles. The fourth-order valence-electron chi connectivity index (χ4n) is 2.08. The molecule has 0 radical (unpaired) electrons. The number of benzene rings is 1. The quantitative estimate of drug-likeness (QED) is 0.887. The van der Waals surface area contributed by atoms with Crippen LogP contribution < -0.4 is 10.2 Å². The molecule has 0 unspecified atom stereocenters. The van der Waals surface area contributed by atoms with Gasteiger partial charge in [0.15, 0.2) is 0 Å². The number of nitrogens with one attached hydrogen (secondary N) is 1. The van der Waals surface area contributed by atoms with E-state index in [1.54, 1.807) is 0 Å². The maximum Gasteiger partial charge on any atom is 0.126 e. The van der Waals surface area contributed by atoms with Crippen LogP contribution in [0.5, 0.6) is 0 Å². The second-order valence-electron chi connectivity index (χ2n) is 4.77. The van der Waals surface area contributed by atoms with Gasteiger partial charge >= 0.3 is 0 Å². The van der Waals surface area contributed by atoms with E-state index in [4.69, 9.17) is 0 Å². The van der Waals surface area contributed by atoms with E-state index in [0.29, 0.717) is 0 Å². The molecule has 3 nitrogen and oxygen atoms in total. The van der Waals surface area contributed by atoms with Crippen LogP contribution in [0, 0.1) is 6.92 Å². The lowest BCUT2D eigenvalue weighted by atomic mass is 10.2. The third-order valence-corrected chi connectivity index (χ3v) is 3.04. The van der Waals surface area contributed by atoms with Crippen LogP contribution in [0.4, 0.5) is 11.5 Å². The van der Waals surface area contributed by atoms with Crippen LogP contribution in [-0.4, -0.2) is 18.6 Å². The molecule has 0 bridgehead atoms. The smallest absolute Gasteiger partial charge is 0.126 e. The second-order valence-corrected chi connectivity index (χ2v) is 4.77. The minimum absolute atomic E-state index is 0.879. The Labute approximate surface area is 115 Å². The molecule has 2 rings (SSSR count). The van der Waals surface area contributed by atoms with Gasteiger partial charge in [-0.1, -0.05) is 12.1 Å². The average molecular weight is 255 g/mol. The lowest BCUT2D eigenvalue weighted by Gasteiger charge is -2.20. The number of hydrogen-bond donors (Lipinski definition) is 1. The molecule has 1 N–H and O–H groups in total. The number of rotatable bonds is 5. The summed E-state index contributed by atoms with van der Waals surface area (Å²) in [6.07, 6.45) is 1.86. The highest BCUT2D eigenvalue weighted by atomic mass is 15.1. The first-order valence-corrected chi connectivity index (χ1v) is 6.65. The van der Waals surface area contributed by atoms with Crippen LogP contribution >= 0.6 is 0 Å². The second kappa shape index (κ2) is 6.23. The summed E-state index contributed by atoms with van der Waals surface area (Å²) in [7, 11) is 2.11. The van der Waals surface area contributed by atoms with Crippen LogP contribution in [0.3, 0.4) is 0 Å². The molecular weight excluding hydrogens is 234 g/mol. The highest BCUT2D eigenvalue weighted by Crippen LogP contribution is 2.17. The van der Waals surface area contributed by atoms with Gasteiger partial charge < -0.3 is 10.2 Å². The van der Waals surface area contributed by atoms with Gasteiger partial charge in [0.05, 0.1) is 0 Å². The Balaban J connectivity index is 2.10. The van der Waals surface area contributed by atoms with Gasteiger partial charge in [0.1, 0.15) is 5.82 Å². The fourth-order valence-corrected chi connectivity index (χ4v) is 2.08. The SMILES string of the molecule is CCNc1cc(CN(C)c2cccc(C)c2)ccn1. The van der Waals surface area contributed by atoms with E-state index in [2.05, 4.69) is 72.5 Å². The molecule has 0 saturated heterocycles. The van der Waals surface area contributed by atoms with Crippen molar-refractivity contribution >= 4 is 11.5 Å². The van der Waals surface area contributed by atoms with Crippen molar-refractivity contribution in [1.82, 2.24) is 4.98 Å². The Bertz CT molecular complexity index is 537. The number of aromatic nitrogens is 1. The Hall–Kier alpha value is -2.03. The predicted octanol–water partition coefficient (Wildman–Crippen LogP) is 3.46. The summed E-state index contributed by atoms with van der Waals surface area (Å²) in [6.45, 7) is 5.97. The van der Waals surface area contributed by atoms with Gasteiger partial charge in [0, 0.05) is 32.0 Å². The summed E-state index contributed by atoms with van der Waals surface area (Å²) in [5.74, 6) is 0.942. The van der Waals surface area contributed by atoms with E-state index in [9.17, 15) is 0 Å². The third kappa shape index (κ3) is 3.71. The van der Waals surface area contributed by atoms with Crippen molar-refractivity contribution < 1.29 is 0 Å². The number of anilines is 2. The summed E-state index contributed by atoms with van der Waals surface area (Å²) in [4.78, 5) is 6.54. The van der Waals surface area contributed by atoms with Gasteiger partial charge in [0.2, 0.25) is 0 Å². The molecule has 0 spiro atoms. The number of nitrogens with zero attached hydrogens (tertiary/aromatic N) is 2. The summed E-state index contributed by atoms with van der Waals surface area (Å²) in [5.41, 5.74) is 3.78. The first-order chi connectivity index (χ1) is 9.19. The Morgan fingerprint density at radius 3 is 2.79 bits per heavy atom. The minimum Gasteiger partial charge on any atom is -0.370 e. The summed E-state index contributed by atoms with van der Waals surface area (Å²) >= 11 is 0. The van der Waals surface area contributed by atoms with E-state index in [1.165, 1.54) is 16.8 Å². The van der Waals surface area contributed by atoms with Crippen molar-refractivity contribution in [3.05, 3.63) is 53.7 Å². The summed E-state index contributed by atoms with van der Waals surface area (Å²) < 4.78 is 0. The molecule has 1 aromatic heterocycles. The van der Waals surface area contributed by atoms with Crippen molar-refractivity contribution in [1.29, 1.82) is 0 Å². The highest BCUT2D eigenvalue weighted by Gasteiger charge is 2.03. The first kappa shape index (κ1) is 13.4. The van der Waals surface area contributed by atoms with E-state index >= 15 is 0 Å². The van der Waals surface area contributed by atoms with Gasteiger partial charge in [-0.15, -0.1) is 0 Å². The third-order valence-electron chi connectivity index (χ3n) is 3.04. The number of pyridine rings is 1. The molecule has 0 fully saturated rings. The largest absolute Gasteiger partial charge is 0.370 e. The van der Waals surface area contributed by atoms with Crippen molar-refractivity contribution in [3.63, 3.8) is 0 Å². The van der Waals surface area contributed by atoms with E-state index in [1.807, 2.05) is 6.20 Å². The maximum atomic E-state index is 4.29. The van der Waals surface area contributed by atoms with Crippen molar-refractivity contribution in [2.24, 2.45) is 0 Å². The molecule has 0 atom stereocenters. The van der Waals surface area contributed by atoms with Gasteiger partial charge in [-0.3, -0.25) is 0 Å². The molecule has 19 heavy (non-hydrogen) atoms. The molecule has 3 heteroatoms. The zero-order valence-corrected chi connectivity index (χ0v) is 11.9. The van der Waals surface area contributed by atoms with Gasteiger partial charge in [-0.25, -0.2) is 4.98 Å². The van der Waals surface area contributed by atoms with E-state index in [0.717, 1.165) is 18.9 Å². The monoisotopic (exact) mass is 255 g/mol. The van der Waals surface area contributed by atoms with E-state index in [-0.39, 0.29) is 0 Å². The highest BCUT2D eigenvalue weighted by molar-refractivity contribution is 5.49. The number of hydrogen-bond acceptors (Lipinski definition) is 3. The van der Waals surface area contributed by atoms with Crippen molar-refractivity contribution in [2.75, 3.05) is 23.8 Å². The molecule has 2 aromatic rings. The van der Waals surface area contributed by atoms with E-state index < -0.39 is 0 Å². The Morgan fingerprint density at radius 1 is 1.21 bits per heavy atom. The van der Waals surface area contributed by atoms with Gasteiger partial charge in [-0.2, -0.15) is 0 Å². The number of aryl methyl sites for hydroxylation is 1. The zero-order chi connectivity index (χ0) is 13.7. The van der Waals surface area contributed by atoms with Crippen LogP contribution in [0.1, 0.15) is 18.1 Å². The average Bonchev–Trinajstić information content (AvgIpc) is 2.39. The maximum absolute atomic E-state index is 4.29. The fraction of sp³-hybridized carbons (Fsp3) is 0.312. The lowest BCUT2D eigenvalue weighted by Crippen LogP contribution is -2.16. The van der Waals surface area contributed by atoms with Crippen LogP contribution in [0.15, 0.2) is 42.6 Å². The van der Waals surface area contributed by atoms with Crippen LogP contribution in [-0.2, 0) is 6.54 Å². The topological polar surface area (TPSA) is 28.2 Å². The normalized spacial score (nSPS) is 10.3. The summed E-state index contributed by atoms with van der Waals surface area (Å²) in [5, 5.41) is 3.24. The molecule has 1 heterocycles. The molecule has 0 amide bonds. The van der Waals surface area contributed by atoms with Crippen molar-refractivity contribution in [2.45, 2.75) is 20.4 Å². The van der Waals surface area contributed by atoms with Crippen LogP contribution in [0.2, 0.25) is 0 Å².